The summed E-state index contributed by atoms with van der Waals surface area (Å²) in [7, 11) is 0. The second-order valence-electron chi connectivity index (χ2n) is 1.41. The Hall–Kier alpha value is -1.63. The highest BCUT2D eigenvalue weighted by molar-refractivity contribution is 5.20. The van der Waals surface area contributed by atoms with Gasteiger partial charge in [-0.3, -0.25) is 4.79 Å². The minimum absolute atomic E-state index is 0.0394. The van der Waals surface area contributed by atoms with Gasteiger partial charge in [0.05, 0.1) is 12.5 Å². The van der Waals surface area contributed by atoms with Crippen LogP contribution in [0.15, 0.2) is 17.3 Å². The first kappa shape index (κ1) is 5.51. The van der Waals surface area contributed by atoms with E-state index in [1.54, 1.807) is 6.07 Å². The third-order valence-corrected chi connectivity index (χ3v) is 0.839. The van der Waals surface area contributed by atoms with E-state index in [0.717, 1.165) is 0 Å². The number of nitriles is 1. The quantitative estimate of drug-likeness (QED) is 0.509. The van der Waals surface area contributed by atoms with Crippen molar-refractivity contribution in [3.63, 3.8) is 0 Å². The van der Waals surface area contributed by atoms with Crippen LogP contribution in [0.1, 0.15) is 5.56 Å². The van der Waals surface area contributed by atoms with Crippen LogP contribution in [0.4, 0.5) is 0 Å². The van der Waals surface area contributed by atoms with E-state index in [0.29, 0.717) is 0 Å². The van der Waals surface area contributed by atoms with E-state index >= 15 is 0 Å². The van der Waals surface area contributed by atoms with Gasteiger partial charge in [-0.05, 0) is 0 Å². The minimum atomic E-state index is -0.396. The van der Waals surface area contributed by atoms with E-state index in [-0.39, 0.29) is 5.56 Å². The predicted molar refractivity (Wildman–Crippen MR) is 29.6 cm³/mol. The Morgan fingerprint density at radius 3 is 3.00 bits per heavy atom. The van der Waals surface area contributed by atoms with Crippen LogP contribution < -0.4 is 5.56 Å². The number of hydrogen-bond acceptors (Lipinski definition) is 3. The number of rotatable bonds is 0. The molecule has 0 fully saturated rings. The van der Waals surface area contributed by atoms with Gasteiger partial charge in [0, 0.05) is 0 Å². The Bertz CT molecular complexity index is 296. The van der Waals surface area contributed by atoms with Gasteiger partial charge in [-0.2, -0.15) is 5.26 Å². The summed E-state index contributed by atoms with van der Waals surface area (Å²) in [5, 5.41) is 8.21. The Morgan fingerprint density at radius 1 is 1.78 bits per heavy atom. The maximum absolute atomic E-state index is 10.5. The maximum atomic E-state index is 10.5. The van der Waals surface area contributed by atoms with E-state index in [4.69, 9.17) is 5.26 Å². The van der Waals surface area contributed by atoms with Gasteiger partial charge in [-0.1, -0.05) is 0 Å². The van der Waals surface area contributed by atoms with Gasteiger partial charge < -0.3 is 4.98 Å². The molecular formula is C5H3N3O. The summed E-state index contributed by atoms with van der Waals surface area (Å²) >= 11 is 0. The highest BCUT2D eigenvalue weighted by Gasteiger charge is 1.91. The molecule has 9 heavy (non-hydrogen) atoms. The SMILES string of the molecule is N#Cc1cnc[nH]c1=O. The van der Waals surface area contributed by atoms with Crippen LogP contribution in [0.25, 0.3) is 0 Å². The van der Waals surface area contributed by atoms with E-state index in [2.05, 4.69) is 9.97 Å². The van der Waals surface area contributed by atoms with Crippen LogP contribution in [0.2, 0.25) is 0 Å². The summed E-state index contributed by atoms with van der Waals surface area (Å²) in [6.45, 7) is 0. The number of aromatic nitrogens is 2. The Balaban J connectivity index is 3.38. The normalized spacial score (nSPS) is 8.33. The number of hydrogen-bond donors (Lipinski definition) is 1. The van der Waals surface area contributed by atoms with Crippen molar-refractivity contribution < 1.29 is 0 Å². The van der Waals surface area contributed by atoms with Crippen molar-refractivity contribution in [1.29, 1.82) is 5.26 Å². The number of nitrogens with zero attached hydrogens (tertiary/aromatic N) is 2. The monoisotopic (exact) mass is 121 g/mol. The van der Waals surface area contributed by atoms with Gasteiger partial charge in [0.25, 0.3) is 5.56 Å². The van der Waals surface area contributed by atoms with Crippen LogP contribution in [0.3, 0.4) is 0 Å². The first-order valence-corrected chi connectivity index (χ1v) is 2.27. The molecule has 0 aliphatic carbocycles. The van der Waals surface area contributed by atoms with Crippen LogP contribution in [-0.4, -0.2) is 9.97 Å². The van der Waals surface area contributed by atoms with Gasteiger partial charge in [-0.15, -0.1) is 0 Å². The smallest absolute Gasteiger partial charge is 0.268 e. The molecule has 0 saturated carbocycles. The number of nitrogens with one attached hydrogen (secondary N) is 1. The molecule has 0 spiro atoms. The molecule has 1 heterocycles. The topological polar surface area (TPSA) is 69.5 Å². The molecule has 44 valence electrons. The zero-order valence-electron chi connectivity index (χ0n) is 4.46. The lowest BCUT2D eigenvalue weighted by molar-refractivity contribution is 1.10. The largest absolute Gasteiger partial charge is 0.312 e. The van der Waals surface area contributed by atoms with Crippen LogP contribution in [0, 0.1) is 11.3 Å². The molecule has 0 amide bonds. The summed E-state index contributed by atoms with van der Waals surface area (Å²) in [6, 6.07) is 1.69. The summed E-state index contributed by atoms with van der Waals surface area (Å²) in [5.74, 6) is 0. The molecule has 1 aromatic heterocycles. The molecular weight excluding hydrogens is 118 g/mol. The molecule has 0 saturated heterocycles. The van der Waals surface area contributed by atoms with E-state index in [9.17, 15) is 4.79 Å². The lowest BCUT2D eigenvalue weighted by Crippen LogP contribution is -2.08. The first-order chi connectivity index (χ1) is 4.34. The van der Waals surface area contributed by atoms with Gasteiger partial charge in [-0.25, -0.2) is 4.98 Å². The molecule has 0 atom stereocenters. The summed E-state index contributed by atoms with van der Waals surface area (Å²) in [6.07, 6.45) is 2.46. The van der Waals surface area contributed by atoms with Crippen LogP contribution in [0.5, 0.6) is 0 Å². The fraction of sp³-hybridized carbons (Fsp3) is 0. The lowest BCUT2D eigenvalue weighted by atomic mass is 10.4. The second kappa shape index (κ2) is 2.09. The highest BCUT2D eigenvalue weighted by atomic mass is 16.1. The van der Waals surface area contributed by atoms with E-state index < -0.39 is 5.56 Å². The molecule has 0 aliphatic rings. The van der Waals surface area contributed by atoms with Crippen molar-refractivity contribution in [2.75, 3.05) is 0 Å². The average Bonchev–Trinajstić information content (AvgIpc) is 1.89. The van der Waals surface area contributed by atoms with Crippen LogP contribution >= 0.6 is 0 Å². The molecule has 4 heteroatoms. The third-order valence-electron chi connectivity index (χ3n) is 0.839. The van der Waals surface area contributed by atoms with Crippen molar-refractivity contribution in [2.24, 2.45) is 0 Å². The molecule has 1 rings (SSSR count). The van der Waals surface area contributed by atoms with Crippen molar-refractivity contribution in [3.8, 4) is 6.07 Å². The highest BCUT2D eigenvalue weighted by Crippen LogP contribution is 1.77. The number of aromatic amines is 1. The van der Waals surface area contributed by atoms with Gasteiger partial charge in [0.15, 0.2) is 0 Å². The zero-order valence-corrected chi connectivity index (χ0v) is 4.46. The van der Waals surface area contributed by atoms with Crippen molar-refractivity contribution >= 4 is 0 Å². The molecule has 1 N–H and O–H groups in total. The van der Waals surface area contributed by atoms with Crippen molar-refractivity contribution in [1.82, 2.24) is 9.97 Å². The Morgan fingerprint density at radius 2 is 2.56 bits per heavy atom. The van der Waals surface area contributed by atoms with Gasteiger partial charge >= 0.3 is 0 Å². The third kappa shape index (κ3) is 0.941. The lowest BCUT2D eigenvalue weighted by Gasteiger charge is -1.80. The standard InChI is InChI=1S/C5H3N3O/c6-1-4-2-7-3-8-5(4)9/h2-3H,(H,7,8,9). The fourth-order valence-corrected chi connectivity index (χ4v) is 0.424. The fourth-order valence-electron chi connectivity index (χ4n) is 0.424. The van der Waals surface area contributed by atoms with E-state index in [1.807, 2.05) is 0 Å². The van der Waals surface area contributed by atoms with E-state index in [1.165, 1.54) is 12.5 Å². The Kier molecular flexibility index (Phi) is 1.28. The average molecular weight is 121 g/mol. The van der Waals surface area contributed by atoms with Gasteiger partial charge in [0.1, 0.15) is 11.6 Å². The molecule has 0 aromatic carbocycles. The zero-order chi connectivity index (χ0) is 6.69. The molecule has 0 aliphatic heterocycles. The summed E-state index contributed by atoms with van der Waals surface area (Å²) in [4.78, 5) is 16.3. The van der Waals surface area contributed by atoms with Crippen LogP contribution in [-0.2, 0) is 0 Å². The molecule has 0 bridgehead atoms. The molecule has 0 radical (unpaired) electrons. The molecule has 4 nitrogen and oxygen atoms in total. The first-order valence-electron chi connectivity index (χ1n) is 2.27. The Labute approximate surface area is 50.8 Å². The maximum Gasteiger partial charge on any atom is 0.268 e. The minimum Gasteiger partial charge on any atom is -0.312 e. The summed E-state index contributed by atoms with van der Waals surface area (Å²) < 4.78 is 0. The molecule has 0 unspecified atom stereocenters. The van der Waals surface area contributed by atoms with Crippen molar-refractivity contribution in [3.05, 3.63) is 28.4 Å². The molecule has 1 aromatic rings. The van der Waals surface area contributed by atoms with Crippen molar-refractivity contribution in [2.45, 2.75) is 0 Å². The second-order valence-corrected chi connectivity index (χ2v) is 1.41. The van der Waals surface area contributed by atoms with Gasteiger partial charge in [0.2, 0.25) is 0 Å². The summed E-state index contributed by atoms with van der Waals surface area (Å²) in [5.41, 5.74) is -0.356. The number of H-pyrrole nitrogens is 1. The predicted octanol–water partition coefficient (Wildman–Crippen LogP) is -0.358.